The van der Waals surface area contributed by atoms with E-state index in [1.807, 2.05) is 30.3 Å². The van der Waals surface area contributed by atoms with Crippen molar-refractivity contribution in [1.29, 1.82) is 0 Å². The highest BCUT2D eigenvalue weighted by Gasteiger charge is 2.40. The van der Waals surface area contributed by atoms with Crippen molar-refractivity contribution in [1.82, 2.24) is 4.98 Å². The summed E-state index contributed by atoms with van der Waals surface area (Å²) in [5.41, 5.74) is 0.972. The molecule has 1 aromatic heterocycles. The Hall–Kier alpha value is -2.10. The minimum Gasteiger partial charge on any atom is -0.456 e. The lowest BCUT2D eigenvalue weighted by Gasteiger charge is -2.20. The highest BCUT2D eigenvalue weighted by atomic mass is 16.5. The SMILES string of the molecule is O=C(C[C@H]1C[C@H]2CC[C@@H]1C2)OCc1ncc(-c2ccccc2)o1. The van der Waals surface area contributed by atoms with Crippen molar-refractivity contribution in [3.63, 3.8) is 0 Å². The molecular weight excluding hydrogens is 290 g/mol. The van der Waals surface area contributed by atoms with Gasteiger partial charge in [-0.1, -0.05) is 36.8 Å². The van der Waals surface area contributed by atoms with Gasteiger partial charge in [-0.2, -0.15) is 0 Å². The fourth-order valence-electron chi connectivity index (χ4n) is 4.15. The average molecular weight is 311 g/mol. The first-order valence-corrected chi connectivity index (χ1v) is 8.43. The van der Waals surface area contributed by atoms with E-state index in [0.29, 0.717) is 24.0 Å². The van der Waals surface area contributed by atoms with E-state index >= 15 is 0 Å². The molecule has 120 valence electrons. The fraction of sp³-hybridized carbons (Fsp3) is 0.474. The minimum atomic E-state index is -0.123. The van der Waals surface area contributed by atoms with Crippen LogP contribution in [-0.4, -0.2) is 11.0 Å². The van der Waals surface area contributed by atoms with Gasteiger partial charge in [-0.25, -0.2) is 4.98 Å². The van der Waals surface area contributed by atoms with Crippen molar-refractivity contribution in [2.24, 2.45) is 17.8 Å². The van der Waals surface area contributed by atoms with Crippen LogP contribution in [-0.2, 0) is 16.1 Å². The number of carbonyl (C=O) groups is 1. The van der Waals surface area contributed by atoms with Crippen molar-refractivity contribution in [2.75, 3.05) is 0 Å². The summed E-state index contributed by atoms with van der Waals surface area (Å²) in [6, 6.07) is 9.79. The summed E-state index contributed by atoms with van der Waals surface area (Å²) >= 11 is 0. The van der Waals surface area contributed by atoms with E-state index in [1.165, 1.54) is 25.7 Å². The molecule has 2 fully saturated rings. The number of benzene rings is 1. The molecule has 4 nitrogen and oxygen atoms in total. The molecular formula is C19H21NO3. The Labute approximate surface area is 135 Å². The molecule has 1 heterocycles. The van der Waals surface area contributed by atoms with Gasteiger partial charge in [0.2, 0.25) is 5.89 Å². The van der Waals surface area contributed by atoms with Crippen LogP contribution < -0.4 is 0 Å². The third kappa shape index (κ3) is 3.16. The number of fused-ring (bicyclic) bond motifs is 2. The van der Waals surface area contributed by atoms with Crippen molar-refractivity contribution in [3.8, 4) is 11.3 Å². The summed E-state index contributed by atoms with van der Waals surface area (Å²) in [5, 5.41) is 0. The van der Waals surface area contributed by atoms with Gasteiger partial charge in [0.05, 0.1) is 6.20 Å². The summed E-state index contributed by atoms with van der Waals surface area (Å²) in [4.78, 5) is 16.2. The maximum atomic E-state index is 12.0. The highest BCUT2D eigenvalue weighted by molar-refractivity contribution is 5.69. The molecule has 0 saturated heterocycles. The first-order chi connectivity index (χ1) is 11.3. The van der Waals surface area contributed by atoms with Gasteiger partial charge < -0.3 is 9.15 Å². The standard InChI is InChI=1S/C19H21NO3/c21-19(10-16-9-13-6-7-15(16)8-13)22-12-18-20-11-17(23-18)14-4-2-1-3-5-14/h1-5,11,13,15-16H,6-10,12H2/t13-,15+,16+/m0/s1. The van der Waals surface area contributed by atoms with E-state index < -0.39 is 0 Å². The number of hydrogen-bond donors (Lipinski definition) is 0. The second-order valence-electron chi connectivity index (χ2n) is 6.78. The van der Waals surface area contributed by atoms with Crippen LogP contribution in [0, 0.1) is 17.8 Å². The number of rotatable bonds is 5. The number of ether oxygens (including phenoxy) is 1. The van der Waals surface area contributed by atoms with Gasteiger partial charge >= 0.3 is 5.97 Å². The van der Waals surface area contributed by atoms with Crippen LogP contribution in [0.15, 0.2) is 40.9 Å². The molecule has 1 aromatic carbocycles. The number of esters is 1. The Morgan fingerprint density at radius 3 is 2.83 bits per heavy atom. The summed E-state index contributed by atoms with van der Waals surface area (Å²) in [6.07, 6.45) is 7.40. The first-order valence-electron chi connectivity index (χ1n) is 8.43. The summed E-state index contributed by atoms with van der Waals surface area (Å²) in [7, 11) is 0. The molecule has 0 spiro atoms. The van der Waals surface area contributed by atoms with E-state index in [1.54, 1.807) is 6.20 Å². The molecule has 2 aliphatic carbocycles. The van der Waals surface area contributed by atoms with E-state index in [4.69, 9.17) is 9.15 Å². The van der Waals surface area contributed by atoms with Crippen LogP contribution in [0.3, 0.4) is 0 Å². The van der Waals surface area contributed by atoms with Crippen molar-refractivity contribution >= 4 is 5.97 Å². The van der Waals surface area contributed by atoms with Crippen molar-refractivity contribution < 1.29 is 13.9 Å². The number of hydrogen-bond acceptors (Lipinski definition) is 4. The predicted octanol–water partition coefficient (Wildman–Crippen LogP) is 4.21. The Morgan fingerprint density at radius 1 is 1.22 bits per heavy atom. The lowest BCUT2D eigenvalue weighted by molar-refractivity contribution is -0.147. The van der Waals surface area contributed by atoms with E-state index in [-0.39, 0.29) is 12.6 Å². The van der Waals surface area contributed by atoms with Gasteiger partial charge in [-0.3, -0.25) is 4.79 Å². The molecule has 0 radical (unpaired) electrons. The largest absolute Gasteiger partial charge is 0.456 e. The Balaban J connectivity index is 1.29. The van der Waals surface area contributed by atoms with Crippen LogP contribution in [0.5, 0.6) is 0 Å². The molecule has 4 heteroatoms. The molecule has 2 aliphatic rings. The molecule has 0 unspecified atom stereocenters. The molecule has 4 rings (SSSR count). The summed E-state index contributed by atoms with van der Waals surface area (Å²) in [6.45, 7) is 0.118. The zero-order chi connectivity index (χ0) is 15.6. The lowest BCUT2D eigenvalue weighted by atomic mass is 9.86. The van der Waals surface area contributed by atoms with E-state index in [9.17, 15) is 4.79 Å². The minimum absolute atomic E-state index is 0.118. The van der Waals surface area contributed by atoms with Crippen LogP contribution in [0.2, 0.25) is 0 Å². The van der Waals surface area contributed by atoms with E-state index in [0.717, 1.165) is 17.4 Å². The average Bonchev–Trinajstić information content (AvgIpc) is 3.30. The number of aromatic nitrogens is 1. The fourth-order valence-corrected chi connectivity index (χ4v) is 4.15. The normalized spacial score (nSPS) is 25.7. The van der Waals surface area contributed by atoms with Gasteiger partial charge in [0.25, 0.3) is 0 Å². The smallest absolute Gasteiger partial charge is 0.306 e. The van der Waals surface area contributed by atoms with Crippen molar-refractivity contribution in [2.45, 2.75) is 38.7 Å². The molecule has 23 heavy (non-hydrogen) atoms. The maximum Gasteiger partial charge on any atom is 0.306 e. The summed E-state index contributed by atoms with van der Waals surface area (Å²) < 4.78 is 11.0. The third-order valence-electron chi connectivity index (χ3n) is 5.28. The lowest BCUT2D eigenvalue weighted by Crippen LogP contribution is -2.16. The van der Waals surface area contributed by atoms with Gasteiger partial charge in [0, 0.05) is 12.0 Å². The quantitative estimate of drug-likeness (QED) is 0.776. The second kappa shape index (κ2) is 6.19. The predicted molar refractivity (Wildman–Crippen MR) is 85.3 cm³/mol. The van der Waals surface area contributed by atoms with E-state index in [2.05, 4.69) is 4.98 Å². The monoisotopic (exact) mass is 311 g/mol. The van der Waals surface area contributed by atoms with Gasteiger partial charge in [0.1, 0.15) is 0 Å². The number of oxazole rings is 1. The number of carbonyl (C=O) groups excluding carboxylic acids is 1. The van der Waals surface area contributed by atoms with Crippen molar-refractivity contribution in [3.05, 3.63) is 42.4 Å². The second-order valence-corrected chi connectivity index (χ2v) is 6.78. The topological polar surface area (TPSA) is 52.3 Å². The molecule has 2 bridgehead atoms. The molecule has 0 aliphatic heterocycles. The molecule has 0 N–H and O–H groups in total. The van der Waals surface area contributed by atoms with Crippen LogP contribution in [0.1, 0.15) is 38.0 Å². The third-order valence-corrected chi connectivity index (χ3v) is 5.28. The van der Waals surface area contributed by atoms with Crippen LogP contribution in [0.4, 0.5) is 0 Å². The first kappa shape index (κ1) is 14.5. The Morgan fingerprint density at radius 2 is 2.09 bits per heavy atom. The summed E-state index contributed by atoms with van der Waals surface area (Å²) in [5.74, 6) is 3.17. The molecule has 3 atom stereocenters. The number of nitrogens with zero attached hydrogens (tertiary/aromatic N) is 1. The van der Waals surface area contributed by atoms with Gasteiger partial charge in [0.15, 0.2) is 12.4 Å². The highest BCUT2D eigenvalue weighted by Crippen LogP contribution is 2.49. The van der Waals surface area contributed by atoms with Gasteiger partial charge in [-0.15, -0.1) is 0 Å². The Bertz CT molecular complexity index is 679. The molecule has 2 aromatic rings. The Kier molecular flexibility index (Phi) is 3.90. The van der Waals surface area contributed by atoms with Crippen LogP contribution in [0.25, 0.3) is 11.3 Å². The molecule has 0 amide bonds. The van der Waals surface area contributed by atoms with Crippen LogP contribution >= 0.6 is 0 Å². The maximum absolute atomic E-state index is 12.0. The molecule has 2 saturated carbocycles. The zero-order valence-corrected chi connectivity index (χ0v) is 13.1. The zero-order valence-electron chi connectivity index (χ0n) is 13.1. The van der Waals surface area contributed by atoms with Gasteiger partial charge in [-0.05, 0) is 37.0 Å².